The van der Waals surface area contributed by atoms with Gasteiger partial charge >= 0.3 is 17.9 Å². The predicted octanol–water partition coefficient (Wildman–Crippen LogP) is 8.81. The second-order valence-electron chi connectivity index (χ2n) is 14.6. The Morgan fingerprint density at radius 1 is 0.636 bits per heavy atom. The number of carbonyl (C=O) groups is 3. The van der Waals surface area contributed by atoms with Crippen LogP contribution in [0.15, 0.2) is 48.5 Å². The Hall–Kier alpha value is -3.70. The van der Waals surface area contributed by atoms with E-state index in [0.717, 1.165) is 122 Å². The maximum absolute atomic E-state index is 13.3. The van der Waals surface area contributed by atoms with Gasteiger partial charge in [0.15, 0.2) is 0 Å². The number of hydrogen-bond donors (Lipinski definition) is 0. The van der Waals surface area contributed by atoms with E-state index in [1.165, 1.54) is 12.2 Å². The standard InChI is InChI=1S/C44H67NO10/c1-4-42(46)51-29-13-8-6-11-27-49-37-20-16-35(17-21-37)33-54-39-24-25-41(40(32-39)44(48)53-31-15-10-26-45-3)55-34-36-18-22-38(23-19-36)50-28-12-7-9-14-30-52-43(47)5-2/h4-5,24-26,32,35-38H,1-2,6-23,27-31,33-34H2,3H3. The fraction of sp³-hybridized carbons (Fsp3) is 0.682. The van der Waals surface area contributed by atoms with Crippen LogP contribution in [-0.4, -0.2) is 89.6 Å². The van der Waals surface area contributed by atoms with E-state index < -0.39 is 5.97 Å². The number of benzene rings is 1. The molecule has 308 valence electrons. The van der Waals surface area contributed by atoms with Crippen LogP contribution in [0.25, 0.3) is 0 Å². The molecule has 0 radical (unpaired) electrons. The number of ether oxygens (including phenoxy) is 7. The zero-order valence-corrected chi connectivity index (χ0v) is 33.4. The van der Waals surface area contributed by atoms with Crippen molar-refractivity contribution in [2.75, 3.05) is 53.3 Å². The summed E-state index contributed by atoms with van der Waals surface area (Å²) in [4.78, 5) is 39.5. The molecule has 0 atom stereocenters. The third-order valence-corrected chi connectivity index (χ3v) is 10.2. The van der Waals surface area contributed by atoms with Crippen molar-refractivity contribution in [2.24, 2.45) is 16.8 Å². The van der Waals surface area contributed by atoms with Crippen LogP contribution in [0.3, 0.4) is 0 Å². The normalized spacial score (nSPS) is 19.7. The van der Waals surface area contributed by atoms with E-state index in [-0.39, 0.29) is 24.1 Å². The van der Waals surface area contributed by atoms with Crippen LogP contribution in [0.2, 0.25) is 0 Å². The largest absolute Gasteiger partial charge is 0.493 e. The third kappa shape index (κ3) is 20.2. The minimum absolute atomic E-state index is 0.274. The van der Waals surface area contributed by atoms with Gasteiger partial charge in [0.1, 0.15) is 17.1 Å². The highest BCUT2D eigenvalue weighted by Crippen LogP contribution is 2.32. The van der Waals surface area contributed by atoms with Crippen molar-refractivity contribution >= 4 is 24.1 Å². The lowest BCUT2D eigenvalue weighted by Gasteiger charge is -2.29. The summed E-state index contributed by atoms with van der Waals surface area (Å²) in [5.41, 5.74) is 0.396. The summed E-state index contributed by atoms with van der Waals surface area (Å²) < 4.78 is 40.5. The maximum atomic E-state index is 13.3. The summed E-state index contributed by atoms with van der Waals surface area (Å²) >= 11 is 0. The summed E-state index contributed by atoms with van der Waals surface area (Å²) in [5, 5.41) is 0. The Morgan fingerprint density at radius 3 is 1.64 bits per heavy atom. The molecule has 0 aliphatic heterocycles. The molecule has 0 heterocycles. The van der Waals surface area contributed by atoms with Crippen molar-refractivity contribution in [1.82, 2.24) is 0 Å². The molecule has 11 nitrogen and oxygen atoms in total. The number of carbonyl (C=O) groups excluding carboxylic acids is 3. The molecule has 0 spiro atoms. The molecule has 1 aromatic rings. The number of hydrogen-bond acceptors (Lipinski definition) is 11. The first-order chi connectivity index (χ1) is 26.9. The molecule has 55 heavy (non-hydrogen) atoms. The SMILES string of the molecule is C=CC(=O)OCCCCCCOC1CCC(COc2ccc(OCC3CCC(OCCCCCCOC(=O)C=C)CC3)c(C(=O)OCCCC=NC)c2)CC1. The summed E-state index contributed by atoms with van der Waals surface area (Å²) in [6.45, 7) is 10.6. The molecule has 0 saturated heterocycles. The van der Waals surface area contributed by atoms with Crippen molar-refractivity contribution < 1.29 is 47.5 Å². The van der Waals surface area contributed by atoms with Crippen LogP contribution in [0.1, 0.15) is 126 Å². The lowest BCUT2D eigenvalue weighted by Crippen LogP contribution is -2.26. The average Bonchev–Trinajstić information content (AvgIpc) is 3.21. The summed E-state index contributed by atoms with van der Waals surface area (Å²) in [6.07, 6.45) is 22.2. The predicted molar refractivity (Wildman–Crippen MR) is 214 cm³/mol. The van der Waals surface area contributed by atoms with Crippen molar-refractivity contribution in [1.29, 1.82) is 0 Å². The number of unbranched alkanes of at least 4 members (excludes halogenated alkanes) is 7. The van der Waals surface area contributed by atoms with Crippen molar-refractivity contribution in [3.63, 3.8) is 0 Å². The molecule has 2 aliphatic rings. The van der Waals surface area contributed by atoms with Gasteiger partial charge in [0.05, 0.1) is 45.2 Å². The van der Waals surface area contributed by atoms with Crippen LogP contribution >= 0.6 is 0 Å². The Balaban J connectivity index is 1.36. The van der Waals surface area contributed by atoms with Gasteiger partial charge in [0, 0.05) is 32.4 Å². The van der Waals surface area contributed by atoms with Crippen molar-refractivity contribution in [3.05, 3.63) is 49.1 Å². The summed E-state index contributed by atoms with van der Waals surface area (Å²) in [7, 11) is 1.74. The number of nitrogens with zero attached hydrogens (tertiary/aromatic N) is 1. The van der Waals surface area contributed by atoms with E-state index in [1.807, 2.05) is 18.3 Å². The number of rotatable bonds is 29. The van der Waals surface area contributed by atoms with Crippen molar-refractivity contribution in [3.8, 4) is 11.5 Å². The molecule has 0 unspecified atom stereocenters. The van der Waals surface area contributed by atoms with E-state index in [9.17, 15) is 14.4 Å². The van der Waals surface area contributed by atoms with Crippen LogP contribution < -0.4 is 9.47 Å². The smallest absolute Gasteiger partial charge is 0.342 e. The Bertz CT molecular complexity index is 1280. The first-order valence-electron chi connectivity index (χ1n) is 20.7. The van der Waals surface area contributed by atoms with Gasteiger partial charge in [0.25, 0.3) is 0 Å². The Kier molecular flexibility index (Phi) is 23.8. The van der Waals surface area contributed by atoms with Crippen LogP contribution in [0.4, 0.5) is 0 Å². The minimum Gasteiger partial charge on any atom is -0.493 e. The van der Waals surface area contributed by atoms with Crippen LogP contribution in [-0.2, 0) is 33.3 Å². The molecular formula is C44H67NO10. The molecule has 1 aromatic carbocycles. The molecule has 0 aromatic heterocycles. The van der Waals surface area contributed by atoms with Gasteiger partial charge in [-0.15, -0.1) is 0 Å². The molecule has 11 heteroatoms. The molecule has 0 N–H and O–H groups in total. The quantitative estimate of drug-likeness (QED) is 0.0256. The second-order valence-corrected chi connectivity index (χ2v) is 14.6. The van der Waals surface area contributed by atoms with Gasteiger partial charge in [-0.3, -0.25) is 0 Å². The van der Waals surface area contributed by atoms with E-state index in [4.69, 9.17) is 33.2 Å². The fourth-order valence-electron chi connectivity index (χ4n) is 6.86. The fourth-order valence-corrected chi connectivity index (χ4v) is 6.86. The highest BCUT2D eigenvalue weighted by molar-refractivity contribution is 5.93. The van der Waals surface area contributed by atoms with E-state index >= 15 is 0 Å². The highest BCUT2D eigenvalue weighted by atomic mass is 16.5. The first kappa shape index (κ1) is 45.7. The number of aliphatic imine (C=N–C) groups is 1. The number of esters is 3. The average molecular weight is 770 g/mol. The highest BCUT2D eigenvalue weighted by Gasteiger charge is 2.25. The van der Waals surface area contributed by atoms with E-state index in [2.05, 4.69) is 18.2 Å². The van der Waals surface area contributed by atoms with Gasteiger partial charge in [-0.2, -0.15) is 0 Å². The summed E-state index contributed by atoms with van der Waals surface area (Å²) in [6, 6.07) is 5.50. The van der Waals surface area contributed by atoms with Gasteiger partial charge in [-0.05, 0) is 139 Å². The zero-order chi connectivity index (χ0) is 39.4. The van der Waals surface area contributed by atoms with E-state index in [0.29, 0.717) is 68.4 Å². The monoisotopic (exact) mass is 769 g/mol. The molecule has 0 bridgehead atoms. The molecule has 0 amide bonds. The third-order valence-electron chi connectivity index (χ3n) is 10.2. The zero-order valence-electron chi connectivity index (χ0n) is 33.4. The molecular weight excluding hydrogens is 702 g/mol. The van der Waals surface area contributed by atoms with Gasteiger partial charge in [0.2, 0.25) is 0 Å². The minimum atomic E-state index is -0.405. The lowest BCUT2D eigenvalue weighted by atomic mass is 9.88. The topological polar surface area (TPSA) is 128 Å². The van der Waals surface area contributed by atoms with Crippen LogP contribution in [0, 0.1) is 11.8 Å². The molecule has 2 aliphatic carbocycles. The Morgan fingerprint density at radius 2 is 1.13 bits per heavy atom. The van der Waals surface area contributed by atoms with Gasteiger partial charge in [-0.25, -0.2) is 14.4 Å². The van der Waals surface area contributed by atoms with Crippen LogP contribution in [0.5, 0.6) is 11.5 Å². The van der Waals surface area contributed by atoms with E-state index in [1.54, 1.807) is 13.1 Å². The Labute approximate surface area is 329 Å². The molecule has 3 rings (SSSR count). The lowest BCUT2D eigenvalue weighted by molar-refractivity contribution is -0.138. The first-order valence-corrected chi connectivity index (χ1v) is 20.7. The van der Waals surface area contributed by atoms with Gasteiger partial charge in [-0.1, -0.05) is 26.0 Å². The summed E-state index contributed by atoms with van der Waals surface area (Å²) in [5.74, 6) is 0.863. The molecule has 2 fully saturated rings. The van der Waals surface area contributed by atoms with Gasteiger partial charge < -0.3 is 38.2 Å². The second kappa shape index (κ2) is 28.7. The maximum Gasteiger partial charge on any atom is 0.342 e. The van der Waals surface area contributed by atoms with Crippen molar-refractivity contribution in [2.45, 2.75) is 128 Å². The molecule has 2 saturated carbocycles.